The molecule has 0 aliphatic heterocycles. The van der Waals surface area contributed by atoms with Gasteiger partial charge in [-0.1, -0.05) is 181 Å². The molecule has 1 atom stereocenters. The first-order chi connectivity index (χ1) is 21.5. The van der Waals surface area contributed by atoms with E-state index in [0.29, 0.717) is 5.92 Å². The van der Waals surface area contributed by atoms with E-state index < -0.39 is 16.1 Å². The van der Waals surface area contributed by atoms with E-state index in [2.05, 4.69) is 88.2 Å². The summed E-state index contributed by atoms with van der Waals surface area (Å²) in [5, 5.41) is 10.2. The van der Waals surface area contributed by atoms with Crippen LogP contribution in [0.1, 0.15) is 153 Å². The molecule has 5 heteroatoms. The highest BCUT2D eigenvalue weighted by Gasteiger charge is 2.17. The summed E-state index contributed by atoms with van der Waals surface area (Å²) in [6.07, 6.45) is 27.5. The zero-order chi connectivity index (χ0) is 33.0. The molecular formula is C40H69N3Si2. The van der Waals surface area contributed by atoms with Crippen LogP contribution in [0, 0.1) is 28.8 Å². The maximum Gasteiger partial charge on any atom is 0.130 e. The van der Waals surface area contributed by atoms with Crippen LogP contribution in [-0.2, 0) is 6.54 Å². The monoisotopic (exact) mass is 648 g/mol. The van der Waals surface area contributed by atoms with Gasteiger partial charge < -0.3 is 0 Å². The highest BCUT2D eigenvalue weighted by Crippen LogP contribution is 2.24. The fourth-order valence-corrected chi connectivity index (χ4v) is 6.89. The van der Waals surface area contributed by atoms with Crippen LogP contribution < -0.4 is 0 Å². The third-order valence-corrected chi connectivity index (χ3v) is 10.3. The van der Waals surface area contributed by atoms with Crippen molar-refractivity contribution in [3.63, 3.8) is 0 Å². The average molecular weight is 648 g/mol. The summed E-state index contributed by atoms with van der Waals surface area (Å²) < 4.78 is 0. The van der Waals surface area contributed by atoms with Crippen LogP contribution in [0.25, 0.3) is 11.0 Å². The van der Waals surface area contributed by atoms with Crippen molar-refractivity contribution in [3.05, 3.63) is 23.3 Å². The van der Waals surface area contributed by atoms with Gasteiger partial charge in [-0.05, 0) is 30.9 Å². The lowest BCUT2D eigenvalue weighted by Crippen LogP contribution is -2.16. The van der Waals surface area contributed by atoms with Crippen LogP contribution >= 0.6 is 0 Å². The Balaban J connectivity index is 2.12. The van der Waals surface area contributed by atoms with Gasteiger partial charge in [-0.25, -0.2) is 0 Å². The zero-order valence-electron chi connectivity index (χ0n) is 30.9. The van der Waals surface area contributed by atoms with Crippen LogP contribution in [0.2, 0.25) is 39.3 Å². The van der Waals surface area contributed by atoms with Crippen LogP contribution in [0.3, 0.4) is 0 Å². The summed E-state index contributed by atoms with van der Waals surface area (Å²) in [6.45, 7) is 19.3. The summed E-state index contributed by atoms with van der Waals surface area (Å²) in [4.78, 5) is 2.01. The summed E-state index contributed by atoms with van der Waals surface area (Å²) in [6, 6.07) is 4.26. The Kier molecular flexibility index (Phi) is 19.1. The lowest BCUT2D eigenvalue weighted by Gasteiger charge is -2.16. The normalized spacial score (nSPS) is 12.5. The standard InChI is InChI=1S/C40H69N3Si2/c1-9-11-13-15-17-19-20-22-24-26-28-36(27-25-23-21-18-16-14-12-10-2)35-43-41-39-37(31-33-44(3,4)5)29-30-38(40(39)42-43)32-34-45(6,7)8/h29-30,36H,9-28,35H2,1-8H3. The number of nitrogens with zero attached hydrogens (tertiary/aromatic N) is 3. The third-order valence-electron chi connectivity index (χ3n) is 8.58. The van der Waals surface area contributed by atoms with Crippen molar-refractivity contribution in [2.75, 3.05) is 0 Å². The molecule has 0 radical (unpaired) electrons. The minimum absolute atomic E-state index is 0.633. The Labute approximate surface area is 281 Å². The molecule has 0 aliphatic carbocycles. The average Bonchev–Trinajstić information content (AvgIpc) is 3.40. The second-order valence-electron chi connectivity index (χ2n) is 15.7. The first-order valence-corrected chi connectivity index (χ1v) is 26.0. The first kappa shape index (κ1) is 39.4. The molecule has 0 amide bonds. The molecule has 2 rings (SSSR count). The molecule has 1 heterocycles. The number of hydrogen-bond acceptors (Lipinski definition) is 2. The van der Waals surface area contributed by atoms with Crippen molar-refractivity contribution in [1.82, 2.24) is 15.0 Å². The van der Waals surface area contributed by atoms with E-state index in [1.54, 1.807) is 0 Å². The number of benzene rings is 1. The van der Waals surface area contributed by atoms with Crippen molar-refractivity contribution < 1.29 is 0 Å². The maximum absolute atomic E-state index is 5.11. The van der Waals surface area contributed by atoms with Crippen molar-refractivity contribution in [3.8, 4) is 22.9 Å². The van der Waals surface area contributed by atoms with Crippen LogP contribution in [-0.4, -0.2) is 31.1 Å². The van der Waals surface area contributed by atoms with Crippen LogP contribution in [0.15, 0.2) is 12.1 Å². The number of aromatic nitrogens is 3. The quantitative estimate of drug-likeness (QED) is 0.0723. The van der Waals surface area contributed by atoms with Gasteiger partial charge in [-0.3, -0.25) is 0 Å². The molecule has 0 aliphatic rings. The van der Waals surface area contributed by atoms with Crippen molar-refractivity contribution in [1.29, 1.82) is 0 Å². The van der Waals surface area contributed by atoms with Gasteiger partial charge >= 0.3 is 0 Å². The molecule has 3 nitrogen and oxygen atoms in total. The van der Waals surface area contributed by atoms with Crippen LogP contribution in [0.4, 0.5) is 0 Å². The fourth-order valence-electron chi connectivity index (χ4n) is 5.87. The SMILES string of the molecule is CCCCCCCCCCCCC(CCCCCCCCCC)Cn1nc2c(C#C[Si](C)(C)C)ccc(C#C[Si](C)(C)C)c2n1. The topological polar surface area (TPSA) is 30.7 Å². The smallest absolute Gasteiger partial charge is 0.130 e. The molecule has 1 aromatic carbocycles. The molecule has 0 spiro atoms. The largest absolute Gasteiger partial charge is 0.183 e. The second-order valence-corrected chi connectivity index (χ2v) is 25.2. The molecule has 0 saturated heterocycles. The van der Waals surface area contributed by atoms with E-state index in [9.17, 15) is 0 Å². The molecule has 252 valence electrons. The van der Waals surface area contributed by atoms with Crippen molar-refractivity contribution in [2.24, 2.45) is 5.92 Å². The van der Waals surface area contributed by atoms with Gasteiger partial charge in [-0.2, -0.15) is 15.0 Å². The molecular weight excluding hydrogens is 579 g/mol. The Morgan fingerprint density at radius 2 is 0.867 bits per heavy atom. The Hall–Kier alpha value is -1.83. The lowest BCUT2D eigenvalue weighted by molar-refractivity contribution is 0.326. The number of unbranched alkanes of at least 4 members (excludes halogenated alkanes) is 16. The number of hydrogen-bond donors (Lipinski definition) is 0. The van der Waals surface area contributed by atoms with E-state index in [4.69, 9.17) is 10.2 Å². The second kappa shape index (κ2) is 21.9. The lowest BCUT2D eigenvalue weighted by atomic mass is 9.94. The Bertz CT molecular complexity index is 1140. The van der Waals surface area contributed by atoms with Gasteiger partial charge in [0.25, 0.3) is 0 Å². The summed E-state index contributed by atoms with van der Waals surface area (Å²) in [7, 11) is -3.01. The number of fused-ring (bicyclic) bond motifs is 1. The van der Waals surface area contributed by atoms with Gasteiger partial charge in [0.1, 0.15) is 27.2 Å². The molecule has 1 unspecified atom stereocenters. The molecule has 1 aromatic heterocycles. The van der Waals surface area contributed by atoms with E-state index in [1.165, 1.54) is 128 Å². The minimum Gasteiger partial charge on any atom is -0.183 e. The van der Waals surface area contributed by atoms with Crippen molar-refractivity contribution >= 4 is 27.2 Å². The van der Waals surface area contributed by atoms with E-state index in [1.807, 2.05) is 4.80 Å². The van der Waals surface area contributed by atoms with Crippen LogP contribution in [0.5, 0.6) is 0 Å². The zero-order valence-corrected chi connectivity index (χ0v) is 32.9. The minimum atomic E-state index is -1.51. The van der Waals surface area contributed by atoms with Gasteiger partial charge in [0, 0.05) is 0 Å². The molecule has 45 heavy (non-hydrogen) atoms. The van der Waals surface area contributed by atoms with Gasteiger partial charge in [-0.15, -0.1) is 11.1 Å². The van der Waals surface area contributed by atoms with Gasteiger partial charge in [0.2, 0.25) is 0 Å². The third kappa shape index (κ3) is 18.2. The Morgan fingerprint density at radius 3 is 1.20 bits per heavy atom. The van der Waals surface area contributed by atoms with E-state index in [-0.39, 0.29) is 0 Å². The van der Waals surface area contributed by atoms with E-state index >= 15 is 0 Å². The predicted molar refractivity (Wildman–Crippen MR) is 205 cm³/mol. The molecule has 2 aromatic rings. The summed E-state index contributed by atoms with van der Waals surface area (Å²) >= 11 is 0. The van der Waals surface area contributed by atoms with Gasteiger partial charge in [0.05, 0.1) is 17.7 Å². The molecule has 0 saturated carbocycles. The number of rotatable bonds is 22. The summed E-state index contributed by atoms with van der Waals surface area (Å²) in [5.74, 6) is 7.61. The Morgan fingerprint density at radius 1 is 0.533 bits per heavy atom. The highest BCUT2D eigenvalue weighted by atomic mass is 28.3. The van der Waals surface area contributed by atoms with Gasteiger partial charge in [0.15, 0.2) is 0 Å². The first-order valence-electron chi connectivity index (χ1n) is 19.0. The molecule has 0 N–H and O–H groups in total. The highest BCUT2D eigenvalue weighted by molar-refractivity contribution is 6.84. The van der Waals surface area contributed by atoms with E-state index in [0.717, 1.165) is 28.7 Å². The fraction of sp³-hybridized carbons (Fsp3) is 0.750. The maximum atomic E-state index is 5.11. The predicted octanol–water partition coefficient (Wildman–Crippen LogP) is 12.3. The summed E-state index contributed by atoms with van der Waals surface area (Å²) in [5.41, 5.74) is 11.0. The van der Waals surface area contributed by atoms with Crippen molar-refractivity contribution in [2.45, 2.75) is 188 Å². The molecule has 0 bridgehead atoms. The molecule has 0 fully saturated rings.